The van der Waals surface area contributed by atoms with Crippen molar-refractivity contribution in [3.8, 4) is 0 Å². The van der Waals surface area contributed by atoms with Crippen LogP contribution in [0, 0.1) is 0 Å². The second kappa shape index (κ2) is 6.44. The number of ether oxygens (including phenoxy) is 2. The number of hydrogen-bond donors (Lipinski definition) is 1. The summed E-state index contributed by atoms with van der Waals surface area (Å²) in [6, 6.07) is 5.27. The smallest absolute Gasteiger partial charge is 0.416 e. The molecule has 0 saturated carbocycles. The van der Waals surface area contributed by atoms with Crippen molar-refractivity contribution in [3.05, 3.63) is 35.4 Å². The van der Waals surface area contributed by atoms with E-state index in [0.29, 0.717) is 0 Å². The molecule has 1 aromatic rings. The van der Waals surface area contributed by atoms with E-state index >= 15 is 0 Å². The minimum Gasteiger partial charge on any atom is -0.481 e. The number of alkyl halides is 3. The highest BCUT2D eigenvalue weighted by Crippen LogP contribution is 2.33. The maximum atomic E-state index is 12.9. The van der Waals surface area contributed by atoms with Crippen molar-refractivity contribution >= 4 is 5.97 Å². The zero-order valence-electron chi connectivity index (χ0n) is 11.1. The summed E-state index contributed by atoms with van der Waals surface area (Å²) in [6.45, 7) is 0.201. The van der Waals surface area contributed by atoms with Crippen LogP contribution in [0.15, 0.2) is 24.3 Å². The van der Waals surface area contributed by atoms with Gasteiger partial charge >= 0.3 is 12.1 Å². The number of carboxylic acids is 1. The highest BCUT2D eigenvalue weighted by atomic mass is 19.4. The molecule has 2 unspecified atom stereocenters. The van der Waals surface area contributed by atoms with E-state index in [-0.39, 0.29) is 37.5 Å². The minimum atomic E-state index is -4.42. The lowest BCUT2D eigenvalue weighted by atomic mass is 10.0. The van der Waals surface area contributed by atoms with Gasteiger partial charge in [-0.3, -0.25) is 4.79 Å². The van der Waals surface area contributed by atoms with Gasteiger partial charge in [0, 0.05) is 12.8 Å². The summed E-state index contributed by atoms with van der Waals surface area (Å²) in [7, 11) is 0. The van der Waals surface area contributed by atoms with E-state index in [0.717, 1.165) is 6.07 Å². The van der Waals surface area contributed by atoms with Crippen LogP contribution in [0.1, 0.15) is 24.0 Å². The maximum Gasteiger partial charge on any atom is 0.416 e. The molecule has 0 aromatic heterocycles. The van der Waals surface area contributed by atoms with Gasteiger partial charge in [-0.05, 0) is 18.1 Å². The van der Waals surface area contributed by atoms with Gasteiger partial charge in [0.1, 0.15) is 0 Å². The fourth-order valence-corrected chi connectivity index (χ4v) is 2.21. The Morgan fingerprint density at radius 1 is 1.33 bits per heavy atom. The van der Waals surface area contributed by atoms with E-state index in [2.05, 4.69) is 0 Å². The fourth-order valence-electron chi connectivity index (χ4n) is 2.21. The second-order valence-corrected chi connectivity index (χ2v) is 4.81. The van der Waals surface area contributed by atoms with E-state index in [1.165, 1.54) is 18.2 Å². The largest absolute Gasteiger partial charge is 0.481 e. The first-order valence-electron chi connectivity index (χ1n) is 6.50. The predicted octanol–water partition coefficient (Wildman–Crippen LogP) is 2.85. The Kier molecular flexibility index (Phi) is 4.84. The van der Waals surface area contributed by atoms with Crippen LogP contribution >= 0.6 is 0 Å². The molecule has 1 aromatic carbocycles. The summed E-state index contributed by atoms with van der Waals surface area (Å²) in [5.74, 6) is -0.940. The highest BCUT2D eigenvalue weighted by molar-refractivity contribution is 5.66. The van der Waals surface area contributed by atoms with Crippen molar-refractivity contribution in [1.82, 2.24) is 0 Å². The lowest BCUT2D eigenvalue weighted by Crippen LogP contribution is -2.18. The molecule has 1 aliphatic rings. The molecule has 1 heterocycles. The van der Waals surface area contributed by atoms with Gasteiger partial charge in [-0.15, -0.1) is 0 Å². The Hall–Kier alpha value is -1.60. The SMILES string of the molecule is O=C(O)CCC1COC(Cc2ccccc2C(F)(F)F)O1. The van der Waals surface area contributed by atoms with Crippen molar-refractivity contribution in [2.75, 3.05) is 6.61 Å². The lowest BCUT2D eigenvalue weighted by Gasteiger charge is -2.15. The number of aliphatic carboxylic acids is 1. The summed E-state index contributed by atoms with van der Waals surface area (Å²) in [5.41, 5.74) is -0.597. The number of rotatable bonds is 5. The summed E-state index contributed by atoms with van der Waals surface area (Å²) < 4.78 is 49.3. The molecule has 0 bridgehead atoms. The predicted molar refractivity (Wildman–Crippen MR) is 66.6 cm³/mol. The monoisotopic (exact) mass is 304 g/mol. The first-order valence-corrected chi connectivity index (χ1v) is 6.50. The van der Waals surface area contributed by atoms with Gasteiger partial charge < -0.3 is 14.6 Å². The van der Waals surface area contributed by atoms with Crippen LogP contribution in [0.3, 0.4) is 0 Å². The molecule has 1 saturated heterocycles. The van der Waals surface area contributed by atoms with E-state index in [1.54, 1.807) is 0 Å². The lowest BCUT2D eigenvalue weighted by molar-refractivity contribution is -0.140. The standard InChI is InChI=1S/C14H15F3O4/c15-14(16,17)11-4-2-1-3-9(11)7-13-20-8-10(21-13)5-6-12(18)19/h1-4,10,13H,5-8H2,(H,18,19). The molecule has 2 atom stereocenters. The van der Waals surface area contributed by atoms with Crippen LogP contribution in [-0.4, -0.2) is 30.1 Å². The van der Waals surface area contributed by atoms with Crippen molar-refractivity contribution in [1.29, 1.82) is 0 Å². The highest BCUT2D eigenvalue weighted by Gasteiger charge is 2.35. The van der Waals surface area contributed by atoms with Gasteiger partial charge in [0.25, 0.3) is 0 Å². The quantitative estimate of drug-likeness (QED) is 0.909. The topological polar surface area (TPSA) is 55.8 Å². The van der Waals surface area contributed by atoms with Crippen LogP contribution in [0.5, 0.6) is 0 Å². The summed E-state index contributed by atoms with van der Waals surface area (Å²) >= 11 is 0. The molecule has 7 heteroatoms. The molecule has 4 nitrogen and oxygen atoms in total. The average molecular weight is 304 g/mol. The van der Waals surface area contributed by atoms with Crippen molar-refractivity contribution in [2.45, 2.75) is 37.8 Å². The molecular formula is C14H15F3O4. The van der Waals surface area contributed by atoms with Crippen LogP contribution in [0.2, 0.25) is 0 Å². The summed E-state index contributed by atoms with van der Waals surface area (Å²) in [6.07, 6.45) is -5.36. The third kappa shape index (κ3) is 4.44. The Bertz CT molecular complexity index is 501. The van der Waals surface area contributed by atoms with Crippen molar-refractivity contribution in [3.63, 3.8) is 0 Å². The van der Waals surface area contributed by atoms with Gasteiger partial charge in [0.15, 0.2) is 6.29 Å². The third-order valence-electron chi connectivity index (χ3n) is 3.20. The third-order valence-corrected chi connectivity index (χ3v) is 3.20. The Balaban J connectivity index is 1.96. The molecular weight excluding hydrogens is 289 g/mol. The van der Waals surface area contributed by atoms with Gasteiger partial charge in [-0.25, -0.2) is 0 Å². The van der Waals surface area contributed by atoms with Gasteiger partial charge in [-0.1, -0.05) is 18.2 Å². The number of carbonyl (C=O) groups is 1. The molecule has 0 spiro atoms. The molecule has 1 aliphatic heterocycles. The molecule has 116 valence electrons. The van der Waals surface area contributed by atoms with Gasteiger partial charge in [-0.2, -0.15) is 13.2 Å². The van der Waals surface area contributed by atoms with Crippen LogP contribution in [-0.2, 0) is 26.9 Å². The Morgan fingerprint density at radius 2 is 2.05 bits per heavy atom. The van der Waals surface area contributed by atoms with Crippen molar-refractivity contribution < 1.29 is 32.5 Å². The van der Waals surface area contributed by atoms with E-state index in [4.69, 9.17) is 14.6 Å². The van der Waals surface area contributed by atoms with E-state index in [9.17, 15) is 18.0 Å². The van der Waals surface area contributed by atoms with Gasteiger partial charge in [0.05, 0.1) is 18.3 Å². The molecule has 1 fully saturated rings. The molecule has 1 N–H and O–H groups in total. The number of benzene rings is 1. The Morgan fingerprint density at radius 3 is 2.71 bits per heavy atom. The first-order chi connectivity index (χ1) is 9.86. The van der Waals surface area contributed by atoms with Crippen LogP contribution in [0.25, 0.3) is 0 Å². The molecule has 2 rings (SSSR count). The molecule has 21 heavy (non-hydrogen) atoms. The van der Waals surface area contributed by atoms with Gasteiger partial charge in [0.2, 0.25) is 0 Å². The zero-order valence-corrected chi connectivity index (χ0v) is 11.1. The van der Waals surface area contributed by atoms with Crippen molar-refractivity contribution in [2.24, 2.45) is 0 Å². The maximum absolute atomic E-state index is 12.9. The fraction of sp³-hybridized carbons (Fsp3) is 0.500. The normalized spacial score (nSPS) is 22.4. The summed E-state index contributed by atoms with van der Waals surface area (Å²) in [5, 5.41) is 8.58. The average Bonchev–Trinajstić information content (AvgIpc) is 2.83. The number of hydrogen-bond acceptors (Lipinski definition) is 3. The minimum absolute atomic E-state index is 0.0146. The zero-order chi connectivity index (χ0) is 15.5. The Labute approximate surface area is 119 Å². The second-order valence-electron chi connectivity index (χ2n) is 4.81. The van der Waals surface area contributed by atoms with Crippen LogP contribution < -0.4 is 0 Å². The van der Waals surface area contributed by atoms with Crippen LogP contribution in [0.4, 0.5) is 13.2 Å². The molecule has 0 aliphatic carbocycles. The number of carboxylic acid groups (broad SMARTS) is 1. The first kappa shape index (κ1) is 15.8. The summed E-state index contributed by atoms with van der Waals surface area (Å²) in [4.78, 5) is 10.5. The molecule has 0 amide bonds. The van der Waals surface area contributed by atoms with E-state index in [1.807, 2.05) is 0 Å². The van der Waals surface area contributed by atoms with E-state index < -0.39 is 24.0 Å². The molecule has 0 radical (unpaired) electrons. The number of halogens is 3.